The average Bonchev–Trinajstić information content (AvgIpc) is 2.74. The number of amides is 1. The van der Waals surface area contributed by atoms with Crippen molar-refractivity contribution < 1.29 is 9.53 Å². The zero-order valence-electron chi connectivity index (χ0n) is 16.2. The Bertz CT molecular complexity index is 1130. The van der Waals surface area contributed by atoms with E-state index in [4.69, 9.17) is 27.9 Å². The van der Waals surface area contributed by atoms with Crippen LogP contribution in [0.4, 0.5) is 5.69 Å². The van der Waals surface area contributed by atoms with Gasteiger partial charge in [0.05, 0.1) is 0 Å². The van der Waals surface area contributed by atoms with Crippen molar-refractivity contribution in [3.8, 4) is 11.8 Å². The number of nitrogens with zero attached hydrogens (tertiary/aromatic N) is 1. The standard InChI is InChI=1S/C24H18Cl2N2O2/c1-16-6-9-21(10-7-16)28-24(29)19(14-27)12-18-13-20(25)8-11-23(18)30-15-17-4-2-3-5-22(17)26/h2-13H,15H2,1H3,(H,28,29)/b19-12+. The van der Waals surface area contributed by atoms with Crippen LogP contribution in [0.3, 0.4) is 0 Å². The second-order valence-electron chi connectivity index (χ2n) is 6.55. The van der Waals surface area contributed by atoms with E-state index in [0.717, 1.165) is 11.1 Å². The van der Waals surface area contributed by atoms with Crippen LogP contribution in [0.25, 0.3) is 6.08 Å². The number of anilines is 1. The third kappa shape index (κ3) is 5.64. The molecule has 0 saturated carbocycles. The first-order valence-electron chi connectivity index (χ1n) is 9.12. The zero-order chi connectivity index (χ0) is 21.5. The fraction of sp³-hybridized carbons (Fsp3) is 0.0833. The quantitative estimate of drug-likeness (QED) is 0.357. The molecule has 1 N–H and O–H groups in total. The first kappa shape index (κ1) is 21.4. The lowest BCUT2D eigenvalue weighted by Crippen LogP contribution is -2.13. The van der Waals surface area contributed by atoms with Crippen molar-refractivity contribution in [1.82, 2.24) is 0 Å². The molecule has 0 unspecified atom stereocenters. The highest BCUT2D eigenvalue weighted by molar-refractivity contribution is 6.31. The van der Waals surface area contributed by atoms with E-state index in [-0.39, 0.29) is 12.2 Å². The number of benzene rings is 3. The highest BCUT2D eigenvalue weighted by Crippen LogP contribution is 2.27. The lowest BCUT2D eigenvalue weighted by Gasteiger charge is -2.11. The second kappa shape index (κ2) is 9.98. The molecule has 0 bridgehead atoms. The average molecular weight is 437 g/mol. The van der Waals surface area contributed by atoms with Gasteiger partial charge in [-0.3, -0.25) is 4.79 Å². The van der Waals surface area contributed by atoms with Gasteiger partial charge in [-0.1, -0.05) is 59.1 Å². The van der Waals surface area contributed by atoms with Crippen LogP contribution in [0.2, 0.25) is 10.0 Å². The molecule has 0 aliphatic carbocycles. The van der Waals surface area contributed by atoms with Gasteiger partial charge in [0, 0.05) is 26.9 Å². The maximum Gasteiger partial charge on any atom is 0.266 e. The van der Waals surface area contributed by atoms with Crippen LogP contribution >= 0.6 is 23.2 Å². The number of rotatable bonds is 6. The summed E-state index contributed by atoms with van der Waals surface area (Å²) < 4.78 is 5.89. The summed E-state index contributed by atoms with van der Waals surface area (Å²) in [7, 11) is 0. The maximum absolute atomic E-state index is 12.6. The Hall–Kier alpha value is -3.26. The third-order valence-electron chi connectivity index (χ3n) is 4.29. The number of aryl methyl sites for hydroxylation is 1. The van der Waals surface area contributed by atoms with Crippen molar-refractivity contribution in [3.05, 3.63) is 99.0 Å². The lowest BCUT2D eigenvalue weighted by atomic mass is 10.1. The van der Waals surface area contributed by atoms with Crippen LogP contribution in [-0.4, -0.2) is 5.91 Å². The van der Waals surface area contributed by atoms with E-state index in [9.17, 15) is 10.1 Å². The van der Waals surface area contributed by atoms with Gasteiger partial charge in [0.2, 0.25) is 0 Å². The van der Waals surface area contributed by atoms with Crippen LogP contribution in [0, 0.1) is 18.3 Å². The molecule has 3 aromatic rings. The molecule has 0 atom stereocenters. The molecular formula is C24H18Cl2N2O2. The minimum atomic E-state index is -0.515. The van der Waals surface area contributed by atoms with Gasteiger partial charge in [-0.05, 0) is 49.4 Å². The molecule has 1 amide bonds. The number of nitrogens with one attached hydrogen (secondary N) is 1. The smallest absolute Gasteiger partial charge is 0.266 e. The highest BCUT2D eigenvalue weighted by Gasteiger charge is 2.12. The van der Waals surface area contributed by atoms with Crippen molar-refractivity contribution in [3.63, 3.8) is 0 Å². The van der Waals surface area contributed by atoms with Gasteiger partial charge in [-0.15, -0.1) is 0 Å². The Balaban J connectivity index is 1.83. The zero-order valence-corrected chi connectivity index (χ0v) is 17.7. The molecule has 0 heterocycles. The van der Waals surface area contributed by atoms with Crippen LogP contribution in [0.1, 0.15) is 16.7 Å². The number of nitriles is 1. The Morgan fingerprint density at radius 2 is 1.83 bits per heavy atom. The molecule has 0 aliphatic rings. The highest BCUT2D eigenvalue weighted by atomic mass is 35.5. The minimum absolute atomic E-state index is 0.0690. The van der Waals surface area contributed by atoms with E-state index in [1.807, 2.05) is 43.3 Å². The molecule has 0 saturated heterocycles. The van der Waals surface area contributed by atoms with Crippen LogP contribution in [0.5, 0.6) is 5.75 Å². The molecular weight excluding hydrogens is 419 g/mol. The van der Waals surface area contributed by atoms with Crippen molar-refractivity contribution in [2.75, 3.05) is 5.32 Å². The fourth-order valence-electron chi connectivity index (χ4n) is 2.67. The summed E-state index contributed by atoms with van der Waals surface area (Å²) in [4.78, 5) is 12.6. The van der Waals surface area contributed by atoms with E-state index in [2.05, 4.69) is 5.32 Å². The molecule has 4 nitrogen and oxygen atoms in total. The minimum Gasteiger partial charge on any atom is -0.488 e. The van der Waals surface area contributed by atoms with Gasteiger partial charge in [0.25, 0.3) is 5.91 Å². The number of hydrogen-bond donors (Lipinski definition) is 1. The van der Waals surface area contributed by atoms with Crippen LogP contribution < -0.4 is 10.1 Å². The van der Waals surface area contributed by atoms with Crippen LogP contribution in [-0.2, 0) is 11.4 Å². The van der Waals surface area contributed by atoms with Crippen molar-refractivity contribution in [2.45, 2.75) is 13.5 Å². The molecule has 0 radical (unpaired) electrons. The van der Waals surface area contributed by atoms with E-state index < -0.39 is 5.91 Å². The topological polar surface area (TPSA) is 62.1 Å². The summed E-state index contributed by atoms with van der Waals surface area (Å²) in [6.07, 6.45) is 1.46. The van der Waals surface area contributed by atoms with E-state index in [0.29, 0.717) is 27.0 Å². The molecule has 30 heavy (non-hydrogen) atoms. The third-order valence-corrected chi connectivity index (χ3v) is 4.89. The number of ether oxygens (including phenoxy) is 1. The summed E-state index contributed by atoms with van der Waals surface area (Å²) in [5.74, 6) is -0.0337. The molecule has 0 aliphatic heterocycles. The van der Waals surface area contributed by atoms with Gasteiger partial charge in [0.1, 0.15) is 24.0 Å². The van der Waals surface area contributed by atoms with Gasteiger partial charge in [0.15, 0.2) is 0 Å². The molecule has 0 spiro atoms. The summed E-state index contributed by atoms with van der Waals surface area (Å²) in [6.45, 7) is 2.19. The summed E-state index contributed by atoms with van der Waals surface area (Å²) >= 11 is 12.3. The van der Waals surface area contributed by atoms with Crippen molar-refractivity contribution >= 4 is 40.9 Å². The largest absolute Gasteiger partial charge is 0.488 e. The van der Waals surface area contributed by atoms with E-state index in [1.165, 1.54) is 6.08 Å². The normalized spacial score (nSPS) is 10.9. The van der Waals surface area contributed by atoms with Crippen molar-refractivity contribution in [1.29, 1.82) is 5.26 Å². The predicted octanol–water partition coefficient (Wildman–Crippen LogP) is 6.43. The van der Waals surface area contributed by atoms with E-state index in [1.54, 1.807) is 36.4 Å². The Morgan fingerprint density at radius 3 is 2.53 bits per heavy atom. The summed E-state index contributed by atoms with van der Waals surface area (Å²) in [5.41, 5.74) is 2.95. The van der Waals surface area contributed by atoms with Crippen LogP contribution in [0.15, 0.2) is 72.3 Å². The Morgan fingerprint density at radius 1 is 1.10 bits per heavy atom. The number of hydrogen-bond acceptors (Lipinski definition) is 3. The summed E-state index contributed by atoms with van der Waals surface area (Å²) in [5, 5.41) is 13.3. The molecule has 150 valence electrons. The first-order valence-corrected chi connectivity index (χ1v) is 9.87. The SMILES string of the molecule is Cc1ccc(NC(=O)/C(C#N)=C/c2cc(Cl)ccc2OCc2ccccc2Cl)cc1. The fourth-order valence-corrected chi connectivity index (χ4v) is 3.04. The molecule has 0 fully saturated rings. The number of carbonyl (C=O) groups excluding carboxylic acids is 1. The lowest BCUT2D eigenvalue weighted by molar-refractivity contribution is -0.112. The van der Waals surface area contributed by atoms with Gasteiger partial charge < -0.3 is 10.1 Å². The van der Waals surface area contributed by atoms with Gasteiger partial charge in [-0.2, -0.15) is 5.26 Å². The Kier molecular flexibility index (Phi) is 7.13. The molecule has 3 rings (SSSR count). The molecule has 0 aromatic heterocycles. The van der Waals surface area contributed by atoms with Gasteiger partial charge >= 0.3 is 0 Å². The maximum atomic E-state index is 12.6. The molecule has 3 aromatic carbocycles. The monoisotopic (exact) mass is 436 g/mol. The predicted molar refractivity (Wildman–Crippen MR) is 121 cm³/mol. The van der Waals surface area contributed by atoms with E-state index >= 15 is 0 Å². The second-order valence-corrected chi connectivity index (χ2v) is 7.40. The number of halogens is 2. The number of carbonyl (C=O) groups is 1. The van der Waals surface area contributed by atoms with Gasteiger partial charge in [-0.25, -0.2) is 0 Å². The summed E-state index contributed by atoms with van der Waals surface area (Å²) in [6, 6.07) is 21.6. The molecule has 6 heteroatoms. The Labute approximate surface area is 185 Å². The first-order chi connectivity index (χ1) is 14.5. The van der Waals surface area contributed by atoms with Crippen molar-refractivity contribution in [2.24, 2.45) is 0 Å².